The molecule has 4 heterocycles. The molecule has 0 atom stereocenters. The van der Waals surface area contributed by atoms with Crippen LogP contribution in [0.2, 0.25) is 0 Å². The number of aliphatic imine (C=N–C) groups is 1. The first-order valence-corrected chi connectivity index (χ1v) is 10.4. The van der Waals surface area contributed by atoms with E-state index in [2.05, 4.69) is 10.1 Å². The van der Waals surface area contributed by atoms with Crippen LogP contribution in [-0.4, -0.2) is 48.0 Å². The van der Waals surface area contributed by atoms with Crippen molar-refractivity contribution in [2.24, 2.45) is 17.8 Å². The molecular weight excluding hydrogens is 404 g/mol. The topological polar surface area (TPSA) is 102 Å². The van der Waals surface area contributed by atoms with Gasteiger partial charge in [0, 0.05) is 30.2 Å². The number of nitrogens with two attached hydrogens (primary N) is 1. The van der Waals surface area contributed by atoms with Gasteiger partial charge in [-0.3, -0.25) is 9.67 Å². The summed E-state index contributed by atoms with van der Waals surface area (Å²) in [6.07, 6.45) is 1.72. The zero-order valence-electron chi connectivity index (χ0n) is 18.2. The Morgan fingerprint density at radius 2 is 1.78 bits per heavy atom. The van der Waals surface area contributed by atoms with Crippen LogP contribution < -0.4 is 5.73 Å². The van der Waals surface area contributed by atoms with Crippen molar-refractivity contribution in [1.82, 2.24) is 24.7 Å². The van der Waals surface area contributed by atoms with Crippen molar-refractivity contribution in [3.05, 3.63) is 88.1 Å². The molecule has 2 aromatic heterocycles. The van der Waals surface area contributed by atoms with Crippen molar-refractivity contribution in [1.29, 1.82) is 0 Å². The third-order valence-corrected chi connectivity index (χ3v) is 5.65. The van der Waals surface area contributed by atoms with Crippen LogP contribution in [0.3, 0.4) is 0 Å². The van der Waals surface area contributed by atoms with Gasteiger partial charge in [-0.25, -0.2) is 0 Å². The number of benzene rings is 1. The fourth-order valence-electron chi connectivity index (χ4n) is 4.18. The maximum absolute atomic E-state index is 13.6. The number of fused-ring (bicyclic) bond motifs is 1. The number of aryl methyl sites for hydroxylation is 3. The fourth-order valence-corrected chi connectivity index (χ4v) is 4.18. The van der Waals surface area contributed by atoms with Gasteiger partial charge in [-0.15, -0.1) is 0 Å². The van der Waals surface area contributed by atoms with Gasteiger partial charge in [0.15, 0.2) is 6.67 Å². The maximum atomic E-state index is 13.6. The van der Waals surface area contributed by atoms with Crippen LogP contribution in [-0.2, 0) is 13.6 Å². The summed E-state index contributed by atoms with van der Waals surface area (Å²) in [5, 5.41) is 19.5. The number of aromatic nitrogens is 3. The molecule has 0 bridgehead atoms. The van der Waals surface area contributed by atoms with Crippen LogP contribution in [0.5, 0.6) is 0 Å². The van der Waals surface area contributed by atoms with Gasteiger partial charge in [0.25, 0.3) is 5.96 Å². The number of rotatable bonds is 4. The average molecular weight is 429 g/mol. The number of hydrazine groups is 1. The number of hydrogen-bond acceptors (Lipinski definition) is 7. The number of nitrogens with zero attached hydrogens (tertiary/aromatic N) is 7. The average Bonchev–Trinajstić information content (AvgIpc) is 3.32. The van der Waals surface area contributed by atoms with E-state index in [-0.39, 0.29) is 0 Å². The first kappa shape index (κ1) is 19.8. The molecular formula is C23H24N8O. The van der Waals surface area contributed by atoms with Crippen LogP contribution >= 0.6 is 0 Å². The summed E-state index contributed by atoms with van der Waals surface area (Å²) in [7, 11) is 1.86. The second-order valence-corrected chi connectivity index (χ2v) is 7.97. The lowest BCUT2D eigenvalue weighted by atomic mass is 9.96. The Balaban J connectivity index is 1.72. The van der Waals surface area contributed by atoms with E-state index in [9.17, 15) is 5.21 Å². The first-order chi connectivity index (χ1) is 15.4. The van der Waals surface area contributed by atoms with Crippen molar-refractivity contribution < 1.29 is 4.85 Å². The predicted octanol–water partition coefficient (Wildman–Crippen LogP) is 2.23. The smallest absolute Gasteiger partial charge is 0.318 e. The molecule has 0 fully saturated rings. The fraction of sp³-hybridized carbons (Fsp3) is 0.217. The van der Waals surface area contributed by atoms with Crippen LogP contribution in [0.4, 0.5) is 0 Å². The van der Waals surface area contributed by atoms with Crippen molar-refractivity contribution in [2.75, 3.05) is 6.67 Å². The molecule has 32 heavy (non-hydrogen) atoms. The van der Waals surface area contributed by atoms with Crippen LogP contribution in [0, 0.1) is 19.1 Å². The summed E-state index contributed by atoms with van der Waals surface area (Å²) in [6.45, 7) is 4.59. The lowest BCUT2D eigenvalue weighted by Gasteiger charge is -2.21. The molecule has 9 heteroatoms. The quantitative estimate of drug-likeness (QED) is 0.505. The van der Waals surface area contributed by atoms with E-state index < -0.39 is 0 Å². The molecule has 0 saturated heterocycles. The van der Waals surface area contributed by atoms with Crippen molar-refractivity contribution in [3.63, 3.8) is 0 Å². The molecule has 0 radical (unpaired) electrons. The standard InChI is InChI=1S/C23H24N8O/c1-15-11-18(12-16(2)26-15)20-21(17-7-5-4-6-8-17)27-23(24)30-14-29(31(32)22(20)30)13-19-9-10-25-28(19)3/h4-12H,13-14H2,1-3H3,(H2,24,27). The minimum Gasteiger partial charge on any atom is -0.692 e. The highest BCUT2D eigenvalue weighted by Gasteiger charge is 2.44. The molecule has 0 unspecified atom stereocenters. The number of hydrazone groups is 1. The van der Waals surface area contributed by atoms with Gasteiger partial charge in [-0.1, -0.05) is 30.3 Å². The molecule has 9 nitrogen and oxygen atoms in total. The number of amidine groups is 1. The molecule has 2 aliphatic heterocycles. The van der Waals surface area contributed by atoms with E-state index in [1.165, 1.54) is 0 Å². The van der Waals surface area contributed by atoms with Gasteiger partial charge in [-0.2, -0.15) is 24.8 Å². The Morgan fingerprint density at radius 3 is 2.44 bits per heavy atom. The maximum Gasteiger partial charge on any atom is 0.318 e. The molecule has 1 aromatic carbocycles. The highest BCUT2D eigenvalue weighted by Crippen LogP contribution is 2.35. The molecule has 2 aliphatic rings. The number of hydrogen-bond donors (Lipinski definition) is 1. The molecule has 5 rings (SSSR count). The summed E-state index contributed by atoms with van der Waals surface area (Å²) in [6, 6.07) is 15.6. The SMILES string of the molecule is Cc1cc(C2=C(c3ccccc3)N=C(N)N3CN(Cc4ccnn4C)[N+]([O-])=C23)cc(C)n1. The second-order valence-electron chi connectivity index (χ2n) is 7.97. The minimum absolute atomic E-state index is 0.290. The summed E-state index contributed by atoms with van der Waals surface area (Å²) in [5.74, 6) is 0.752. The third kappa shape index (κ3) is 3.27. The molecule has 162 valence electrons. The normalized spacial score (nSPS) is 16.0. The molecule has 0 amide bonds. The lowest BCUT2D eigenvalue weighted by Crippen LogP contribution is -2.44. The van der Waals surface area contributed by atoms with Gasteiger partial charge < -0.3 is 10.9 Å². The lowest BCUT2D eigenvalue weighted by molar-refractivity contribution is -0.630. The highest BCUT2D eigenvalue weighted by atomic mass is 16.5. The Morgan fingerprint density at radius 1 is 1.06 bits per heavy atom. The highest BCUT2D eigenvalue weighted by molar-refractivity contribution is 6.33. The Labute approximate surface area is 186 Å². The zero-order chi connectivity index (χ0) is 22.4. The predicted molar refractivity (Wildman–Crippen MR) is 123 cm³/mol. The molecule has 0 spiro atoms. The van der Waals surface area contributed by atoms with E-state index in [4.69, 9.17) is 10.7 Å². The molecule has 0 saturated carbocycles. The number of guanidine groups is 1. The van der Waals surface area contributed by atoms with E-state index in [1.807, 2.05) is 69.4 Å². The summed E-state index contributed by atoms with van der Waals surface area (Å²) in [5.41, 5.74) is 12.2. The number of pyridine rings is 1. The monoisotopic (exact) mass is 428 g/mol. The summed E-state index contributed by atoms with van der Waals surface area (Å²) in [4.78, 5) is 11.9. The third-order valence-electron chi connectivity index (χ3n) is 5.65. The van der Waals surface area contributed by atoms with Crippen LogP contribution in [0.15, 0.2) is 59.7 Å². The van der Waals surface area contributed by atoms with E-state index >= 15 is 0 Å². The van der Waals surface area contributed by atoms with Gasteiger partial charge >= 0.3 is 5.84 Å². The van der Waals surface area contributed by atoms with Gasteiger partial charge in [0.2, 0.25) is 0 Å². The largest absolute Gasteiger partial charge is 0.692 e. The van der Waals surface area contributed by atoms with E-state index in [1.54, 1.807) is 20.8 Å². The summed E-state index contributed by atoms with van der Waals surface area (Å²) >= 11 is 0. The zero-order valence-corrected chi connectivity index (χ0v) is 18.2. The molecule has 2 N–H and O–H groups in total. The Hall–Kier alpha value is -4.14. The van der Waals surface area contributed by atoms with Crippen LogP contribution in [0.1, 0.15) is 28.2 Å². The molecule has 3 aromatic rings. The Kier molecular flexibility index (Phi) is 4.66. The van der Waals surface area contributed by atoms with Gasteiger partial charge in [-0.05, 0) is 37.6 Å². The first-order valence-electron chi connectivity index (χ1n) is 10.4. The minimum atomic E-state index is 0.290. The summed E-state index contributed by atoms with van der Waals surface area (Å²) < 4.78 is 1.76. The van der Waals surface area contributed by atoms with Crippen molar-refractivity contribution >= 4 is 23.1 Å². The van der Waals surface area contributed by atoms with E-state index in [0.717, 1.165) is 38.6 Å². The van der Waals surface area contributed by atoms with Gasteiger partial charge in [0.1, 0.15) is 5.57 Å². The van der Waals surface area contributed by atoms with Crippen molar-refractivity contribution in [3.8, 4) is 0 Å². The second kappa shape index (κ2) is 7.52. The Bertz CT molecular complexity index is 1270. The van der Waals surface area contributed by atoms with Crippen molar-refractivity contribution in [2.45, 2.75) is 20.4 Å². The van der Waals surface area contributed by atoms with Gasteiger partial charge in [0.05, 0.1) is 17.9 Å². The van der Waals surface area contributed by atoms with Crippen LogP contribution in [0.25, 0.3) is 11.3 Å². The van der Waals surface area contributed by atoms with E-state index in [0.29, 0.717) is 30.7 Å². The molecule has 0 aliphatic carbocycles.